The van der Waals surface area contributed by atoms with E-state index in [2.05, 4.69) is 10.4 Å². The highest BCUT2D eigenvalue weighted by Crippen LogP contribution is 2.29. The third-order valence-corrected chi connectivity index (χ3v) is 6.50. The normalized spacial score (nSPS) is 23.0. The highest BCUT2D eigenvalue weighted by atomic mass is 32.2. The van der Waals surface area contributed by atoms with Gasteiger partial charge in [-0.1, -0.05) is 6.92 Å². The van der Waals surface area contributed by atoms with Crippen LogP contribution in [0, 0.1) is 5.92 Å². The third-order valence-electron chi connectivity index (χ3n) is 4.63. The van der Waals surface area contributed by atoms with Crippen LogP contribution in [-0.2, 0) is 21.7 Å². The number of sulfone groups is 1. The predicted molar refractivity (Wildman–Crippen MR) is 88.9 cm³/mol. The van der Waals surface area contributed by atoms with Crippen molar-refractivity contribution in [2.75, 3.05) is 31.6 Å². The van der Waals surface area contributed by atoms with Gasteiger partial charge in [-0.3, -0.25) is 9.48 Å². The SMILES string of the molecule is CCS(=O)(=O)CC(C)N(C)C(=O)[C@H]1CNC[C@@H]1c1cnn(C)c1. The molecule has 7 nitrogen and oxygen atoms in total. The average Bonchev–Trinajstić information content (AvgIpc) is 3.13. The molecular weight excluding hydrogens is 316 g/mol. The topological polar surface area (TPSA) is 84.3 Å². The van der Waals surface area contributed by atoms with Crippen molar-refractivity contribution in [2.24, 2.45) is 13.0 Å². The van der Waals surface area contributed by atoms with Crippen LogP contribution < -0.4 is 5.32 Å². The van der Waals surface area contributed by atoms with E-state index in [0.717, 1.165) is 12.1 Å². The van der Waals surface area contributed by atoms with E-state index in [4.69, 9.17) is 0 Å². The minimum absolute atomic E-state index is 0.00342. The molecule has 130 valence electrons. The van der Waals surface area contributed by atoms with Gasteiger partial charge in [-0.15, -0.1) is 0 Å². The number of amides is 1. The van der Waals surface area contributed by atoms with Gasteiger partial charge < -0.3 is 10.2 Å². The van der Waals surface area contributed by atoms with Crippen molar-refractivity contribution in [1.29, 1.82) is 0 Å². The highest BCUT2D eigenvalue weighted by molar-refractivity contribution is 7.91. The Morgan fingerprint density at radius 1 is 1.52 bits per heavy atom. The molecule has 2 heterocycles. The molecule has 0 saturated carbocycles. The summed E-state index contributed by atoms with van der Waals surface area (Å²) in [4.78, 5) is 14.4. The Balaban J connectivity index is 2.09. The third kappa shape index (κ3) is 4.11. The maximum atomic E-state index is 12.8. The number of carbonyl (C=O) groups is 1. The maximum Gasteiger partial charge on any atom is 0.227 e. The lowest BCUT2D eigenvalue weighted by molar-refractivity contribution is -0.135. The van der Waals surface area contributed by atoms with Gasteiger partial charge in [0, 0.05) is 51.1 Å². The first-order chi connectivity index (χ1) is 10.7. The van der Waals surface area contributed by atoms with Gasteiger partial charge in [0.25, 0.3) is 0 Å². The number of aromatic nitrogens is 2. The summed E-state index contributed by atoms with van der Waals surface area (Å²) in [6.07, 6.45) is 3.73. The minimum atomic E-state index is -3.11. The molecule has 0 spiro atoms. The Hall–Kier alpha value is -1.41. The van der Waals surface area contributed by atoms with Crippen LogP contribution in [0.25, 0.3) is 0 Å². The smallest absolute Gasteiger partial charge is 0.227 e. The number of nitrogens with zero attached hydrogens (tertiary/aromatic N) is 3. The molecule has 1 unspecified atom stereocenters. The van der Waals surface area contributed by atoms with Gasteiger partial charge in [0.05, 0.1) is 17.9 Å². The molecule has 1 aromatic heterocycles. The molecule has 1 aromatic rings. The van der Waals surface area contributed by atoms with Crippen molar-refractivity contribution in [3.8, 4) is 0 Å². The Labute approximate surface area is 138 Å². The largest absolute Gasteiger partial charge is 0.342 e. The molecule has 3 atom stereocenters. The van der Waals surface area contributed by atoms with Crippen molar-refractivity contribution in [2.45, 2.75) is 25.8 Å². The van der Waals surface area contributed by atoms with Crippen molar-refractivity contribution >= 4 is 15.7 Å². The number of nitrogens with one attached hydrogen (secondary N) is 1. The summed E-state index contributed by atoms with van der Waals surface area (Å²) in [6, 6.07) is -0.331. The van der Waals surface area contributed by atoms with Crippen LogP contribution in [0.3, 0.4) is 0 Å². The summed E-state index contributed by atoms with van der Waals surface area (Å²) in [5.41, 5.74) is 1.04. The van der Waals surface area contributed by atoms with E-state index in [1.807, 2.05) is 13.2 Å². The van der Waals surface area contributed by atoms with Gasteiger partial charge in [-0.2, -0.15) is 5.10 Å². The lowest BCUT2D eigenvalue weighted by Crippen LogP contribution is -2.44. The van der Waals surface area contributed by atoms with Gasteiger partial charge in [0.2, 0.25) is 5.91 Å². The van der Waals surface area contributed by atoms with Gasteiger partial charge in [-0.05, 0) is 12.5 Å². The van der Waals surface area contributed by atoms with Crippen molar-refractivity contribution in [1.82, 2.24) is 20.0 Å². The second kappa shape index (κ2) is 7.00. The quantitative estimate of drug-likeness (QED) is 0.787. The van der Waals surface area contributed by atoms with Crippen LogP contribution >= 0.6 is 0 Å². The molecule has 1 saturated heterocycles. The lowest BCUT2D eigenvalue weighted by atomic mass is 9.89. The van der Waals surface area contributed by atoms with Gasteiger partial charge in [0.1, 0.15) is 0 Å². The van der Waals surface area contributed by atoms with Crippen LogP contribution in [0.15, 0.2) is 12.4 Å². The molecule has 0 aliphatic carbocycles. The zero-order chi connectivity index (χ0) is 17.2. The predicted octanol–water partition coefficient (Wildman–Crippen LogP) is 0.00470. The molecule has 0 bridgehead atoms. The molecule has 1 amide bonds. The van der Waals surface area contributed by atoms with Crippen LogP contribution in [0.2, 0.25) is 0 Å². The van der Waals surface area contributed by atoms with Crippen molar-refractivity contribution in [3.05, 3.63) is 18.0 Å². The molecule has 1 fully saturated rings. The Kier molecular flexibility index (Phi) is 5.46. The summed E-state index contributed by atoms with van der Waals surface area (Å²) in [5, 5.41) is 7.44. The molecule has 0 radical (unpaired) electrons. The summed E-state index contributed by atoms with van der Waals surface area (Å²) < 4.78 is 25.3. The standard InChI is InChI=1S/C15H26N4O3S/c1-5-23(21,22)10-11(2)19(4)15(20)14-8-16-7-13(14)12-6-17-18(3)9-12/h6,9,11,13-14,16H,5,7-8,10H2,1-4H3/t11?,13-,14+/m1/s1. The molecular formula is C15H26N4O3S. The Morgan fingerprint density at radius 2 is 2.22 bits per heavy atom. The first-order valence-electron chi connectivity index (χ1n) is 7.91. The van der Waals surface area contributed by atoms with E-state index in [1.165, 1.54) is 0 Å². The van der Waals surface area contributed by atoms with E-state index >= 15 is 0 Å². The molecule has 23 heavy (non-hydrogen) atoms. The zero-order valence-corrected chi connectivity index (χ0v) is 15.0. The molecule has 1 aliphatic rings. The molecule has 2 rings (SSSR count). The van der Waals surface area contributed by atoms with E-state index in [9.17, 15) is 13.2 Å². The van der Waals surface area contributed by atoms with Gasteiger partial charge in [-0.25, -0.2) is 8.42 Å². The number of hydrogen-bond donors (Lipinski definition) is 1. The number of aryl methyl sites for hydroxylation is 1. The molecule has 8 heteroatoms. The molecule has 1 N–H and O–H groups in total. The highest BCUT2D eigenvalue weighted by Gasteiger charge is 2.37. The summed E-state index contributed by atoms with van der Waals surface area (Å²) in [6.45, 7) is 4.75. The van der Waals surface area contributed by atoms with Crippen molar-refractivity contribution in [3.63, 3.8) is 0 Å². The number of carbonyl (C=O) groups excluding carboxylic acids is 1. The van der Waals surface area contributed by atoms with E-state index in [0.29, 0.717) is 6.54 Å². The fourth-order valence-electron chi connectivity index (χ4n) is 3.00. The number of hydrogen-bond acceptors (Lipinski definition) is 5. The Bertz CT molecular complexity index is 655. The first-order valence-corrected chi connectivity index (χ1v) is 9.73. The Morgan fingerprint density at radius 3 is 2.78 bits per heavy atom. The minimum Gasteiger partial charge on any atom is -0.342 e. The molecule has 0 aromatic carbocycles. The van der Waals surface area contributed by atoms with Gasteiger partial charge >= 0.3 is 0 Å². The summed E-state index contributed by atoms with van der Waals surface area (Å²) >= 11 is 0. The van der Waals surface area contributed by atoms with Crippen molar-refractivity contribution < 1.29 is 13.2 Å². The fraction of sp³-hybridized carbons (Fsp3) is 0.733. The van der Waals surface area contributed by atoms with Crippen LogP contribution in [0.4, 0.5) is 0 Å². The fourth-order valence-corrected chi connectivity index (χ4v) is 4.19. The second-order valence-electron chi connectivity index (χ2n) is 6.32. The second-order valence-corrected chi connectivity index (χ2v) is 8.71. The zero-order valence-electron chi connectivity index (χ0n) is 14.2. The van der Waals surface area contributed by atoms with Crippen LogP contribution in [-0.4, -0.2) is 66.7 Å². The first kappa shape index (κ1) is 17.9. The van der Waals surface area contributed by atoms with E-state index in [1.54, 1.807) is 36.7 Å². The monoisotopic (exact) mass is 342 g/mol. The number of rotatable bonds is 6. The van der Waals surface area contributed by atoms with Crippen LogP contribution in [0.1, 0.15) is 25.3 Å². The van der Waals surface area contributed by atoms with Crippen LogP contribution in [0.5, 0.6) is 0 Å². The summed E-state index contributed by atoms with van der Waals surface area (Å²) in [7, 11) is 0.439. The molecule has 1 aliphatic heterocycles. The lowest BCUT2D eigenvalue weighted by Gasteiger charge is -2.29. The van der Waals surface area contributed by atoms with E-state index < -0.39 is 9.84 Å². The summed E-state index contributed by atoms with van der Waals surface area (Å²) in [5.74, 6) is -0.0150. The average molecular weight is 342 g/mol. The maximum absolute atomic E-state index is 12.8. The van der Waals surface area contributed by atoms with E-state index in [-0.39, 0.29) is 35.3 Å². The van der Waals surface area contributed by atoms with Gasteiger partial charge in [0.15, 0.2) is 9.84 Å².